The van der Waals surface area contributed by atoms with Gasteiger partial charge in [0.2, 0.25) is 5.91 Å². The maximum absolute atomic E-state index is 12.1. The second-order valence-electron chi connectivity index (χ2n) is 4.98. The van der Waals surface area contributed by atoms with Gasteiger partial charge in [0.15, 0.2) is 0 Å². The molecular formula is C11H16BrNO2. The van der Waals surface area contributed by atoms with Crippen molar-refractivity contribution in [3.63, 3.8) is 0 Å². The molecule has 3 unspecified atom stereocenters. The van der Waals surface area contributed by atoms with Crippen LogP contribution in [0.4, 0.5) is 0 Å². The number of alkyl halides is 1. The van der Waals surface area contributed by atoms with E-state index in [-0.39, 0.29) is 0 Å². The predicted octanol–water partition coefficient (Wildman–Crippen LogP) is 1.12. The standard InChI is InChI=1S/C11H16BrNO2/c12-3-7-1-2-13(4-7)11(14)10-8-5-15-6-9(8)10/h7-10H,1-6H2. The Morgan fingerprint density at radius 2 is 2.13 bits per heavy atom. The largest absolute Gasteiger partial charge is 0.381 e. The van der Waals surface area contributed by atoms with Gasteiger partial charge >= 0.3 is 0 Å². The number of carbonyl (C=O) groups excluding carboxylic acids is 1. The van der Waals surface area contributed by atoms with Gasteiger partial charge in [0, 0.05) is 24.3 Å². The molecule has 3 nitrogen and oxygen atoms in total. The first-order chi connectivity index (χ1) is 7.31. The SMILES string of the molecule is O=C(C1C2COCC21)N1CCC(CBr)C1. The van der Waals surface area contributed by atoms with Gasteiger partial charge in [-0.2, -0.15) is 0 Å². The van der Waals surface area contributed by atoms with Gasteiger partial charge in [0.05, 0.1) is 13.2 Å². The molecule has 1 amide bonds. The van der Waals surface area contributed by atoms with Gasteiger partial charge in [0.1, 0.15) is 0 Å². The van der Waals surface area contributed by atoms with E-state index in [4.69, 9.17) is 4.74 Å². The van der Waals surface area contributed by atoms with Crippen LogP contribution < -0.4 is 0 Å². The molecule has 0 spiro atoms. The highest BCUT2D eigenvalue weighted by Gasteiger charge is 2.59. The highest BCUT2D eigenvalue weighted by Crippen LogP contribution is 2.51. The molecule has 0 bridgehead atoms. The van der Waals surface area contributed by atoms with E-state index >= 15 is 0 Å². The molecule has 2 heterocycles. The number of likely N-dealkylation sites (tertiary alicyclic amines) is 1. The van der Waals surface area contributed by atoms with Crippen molar-refractivity contribution in [3.05, 3.63) is 0 Å². The molecule has 2 saturated heterocycles. The van der Waals surface area contributed by atoms with Crippen molar-refractivity contribution in [3.8, 4) is 0 Å². The predicted molar refractivity (Wildman–Crippen MR) is 59.8 cm³/mol. The number of nitrogens with zero attached hydrogens (tertiary/aromatic N) is 1. The Kier molecular flexibility index (Phi) is 2.51. The van der Waals surface area contributed by atoms with Crippen LogP contribution in [0.3, 0.4) is 0 Å². The quantitative estimate of drug-likeness (QED) is 0.706. The monoisotopic (exact) mass is 273 g/mol. The number of halogens is 1. The summed E-state index contributed by atoms with van der Waals surface area (Å²) in [5.41, 5.74) is 0. The third kappa shape index (κ3) is 1.62. The van der Waals surface area contributed by atoms with Crippen LogP contribution in [-0.4, -0.2) is 42.4 Å². The molecule has 0 aromatic heterocycles. The van der Waals surface area contributed by atoms with E-state index in [1.165, 1.54) is 0 Å². The zero-order valence-electron chi connectivity index (χ0n) is 8.69. The normalized spacial score (nSPS) is 43.1. The summed E-state index contributed by atoms with van der Waals surface area (Å²) in [6.07, 6.45) is 1.16. The van der Waals surface area contributed by atoms with Gasteiger partial charge in [0.25, 0.3) is 0 Å². The molecule has 84 valence electrons. The molecule has 3 rings (SSSR count). The Morgan fingerprint density at radius 3 is 2.73 bits per heavy atom. The minimum Gasteiger partial charge on any atom is -0.381 e. The Bertz CT molecular complexity index is 274. The third-order valence-corrected chi connectivity index (χ3v) is 4.97. The lowest BCUT2D eigenvalue weighted by atomic mass is 10.2. The van der Waals surface area contributed by atoms with Crippen LogP contribution in [-0.2, 0) is 9.53 Å². The lowest BCUT2D eigenvalue weighted by molar-refractivity contribution is -0.133. The molecule has 2 aliphatic heterocycles. The van der Waals surface area contributed by atoms with Crippen molar-refractivity contribution in [2.75, 3.05) is 31.6 Å². The molecule has 15 heavy (non-hydrogen) atoms. The number of carbonyl (C=O) groups is 1. The van der Waals surface area contributed by atoms with Gasteiger partial charge in [-0.3, -0.25) is 4.79 Å². The molecule has 1 aliphatic carbocycles. The molecule has 0 aromatic rings. The lowest BCUT2D eigenvalue weighted by Crippen LogP contribution is -2.32. The van der Waals surface area contributed by atoms with Crippen molar-refractivity contribution in [2.45, 2.75) is 6.42 Å². The molecule has 0 radical (unpaired) electrons. The Balaban J connectivity index is 1.58. The van der Waals surface area contributed by atoms with Gasteiger partial charge in [-0.15, -0.1) is 0 Å². The van der Waals surface area contributed by atoms with E-state index in [0.717, 1.165) is 38.1 Å². The van der Waals surface area contributed by atoms with E-state index in [0.29, 0.717) is 29.6 Å². The van der Waals surface area contributed by atoms with Crippen LogP contribution >= 0.6 is 15.9 Å². The van der Waals surface area contributed by atoms with Gasteiger partial charge in [-0.05, 0) is 24.2 Å². The summed E-state index contributed by atoms with van der Waals surface area (Å²) < 4.78 is 5.31. The smallest absolute Gasteiger partial charge is 0.226 e. The van der Waals surface area contributed by atoms with Crippen molar-refractivity contribution in [1.29, 1.82) is 0 Å². The first-order valence-electron chi connectivity index (χ1n) is 5.73. The molecule has 3 fully saturated rings. The molecule has 0 N–H and O–H groups in total. The second-order valence-corrected chi connectivity index (χ2v) is 5.63. The topological polar surface area (TPSA) is 29.5 Å². The summed E-state index contributed by atoms with van der Waals surface area (Å²) >= 11 is 3.50. The van der Waals surface area contributed by atoms with Crippen molar-refractivity contribution in [1.82, 2.24) is 4.90 Å². The van der Waals surface area contributed by atoms with Gasteiger partial charge in [-0.25, -0.2) is 0 Å². The Hall–Kier alpha value is -0.0900. The molecule has 4 heteroatoms. The first kappa shape index (κ1) is 10.1. The molecule has 3 aliphatic rings. The number of hydrogen-bond acceptors (Lipinski definition) is 2. The summed E-state index contributed by atoms with van der Waals surface area (Å²) in [5.74, 6) is 2.49. The fraction of sp³-hybridized carbons (Fsp3) is 0.909. The first-order valence-corrected chi connectivity index (χ1v) is 6.86. The minimum absolute atomic E-state index is 0.313. The number of fused-ring (bicyclic) bond motifs is 1. The average molecular weight is 274 g/mol. The highest BCUT2D eigenvalue weighted by molar-refractivity contribution is 9.09. The summed E-state index contributed by atoms with van der Waals surface area (Å²) in [5, 5.41) is 1.03. The van der Waals surface area contributed by atoms with Crippen LogP contribution in [0.25, 0.3) is 0 Å². The maximum Gasteiger partial charge on any atom is 0.226 e. The summed E-state index contributed by atoms with van der Waals surface area (Å²) in [6, 6.07) is 0. The maximum atomic E-state index is 12.1. The second kappa shape index (κ2) is 3.74. The number of hydrogen-bond donors (Lipinski definition) is 0. The highest BCUT2D eigenvalue weighted by atomic mass is 79.9. The fourth-order valence-electron chi connectivity index (χ4n) is 2.98. The number of ether oxygens (including phenoxy) is 1. The Labute approximate surface area is 98.3 Å². The van der Waals surface area contributed by atoms with Crippen LogP contribution in [0.5, 0.6) is 0 Å². The fourth-order valence-corrected chi connectivity index (χ4v) is 3.50. The van der Waals surface area contributed by atoms with E-state index in [1.54, 1.807) is 0 Å². The molecule has 3 atom stereocenters. The van der Waals surface area contributed by atoms with E-state index < -0.39 is 0 Å². The van der Waals surface area contributed by atoms with Crippen LogP contribution in [0.1, 0.15) is 6.42 Å². The van der Waals surface area contributed by atoms with Crippen molar-refractivity contribution in [2.24, 2.45) is 23.7 Å². The number of amides is 1. The lowest BCUT2D eigenvalue weighted by Gasteiger charge is -2.17. The van der Waals surface area contributed by atoms with Gasteiger partial charge < -0.3 is 9.64 Å². The summed E-state index contributed by atoms with van der Waals surface area (Å²) in [6.45, 7) is 3.56. The number of rotatable bonds is 2. The van der Waals surface area contributed by atoms with Crippen LogP contribution in [0.15, 0.2) is 0 Å². The third-order valence-electron chi connectivity index (χ3n) is 4.05. The van der Waals surface area contributed by atoms with Crippen molar-refractivity contribution >= 4 is 21.8 Å². The van der Waals surface area contributed by atoms with Crippen molar-refractivity contribution < 1.29 is 9.53 Å². The van der Waals surface area contributed by atoms with Crippen LogP contribution in [0, 0.1) is 23.7 Å². The molecule has 1 saturated carbocycles. The minimum atomic E-state index is 0.313. The summed E-state index contributed by atoms with van der Waals surface area (Å²) in [7, 11) is 0. The zero-order valence-corrected chi connectivity index (χ0v) is 10.3. The van der Waals surface area contributed by atoms with E-state index in [9.17, 15) is 4.79 Å². The van der Waals surface area contributed by atoms with E-state index in [1.807, 2.05) is 0 Å². The molecular weight excluding hydrogens is 258 g/mol. The van der Waals surface area contributed by atoms with Crippen LogP contribution in [0.2, 0.25) is 0 Å². The summed E-state index contributed by atoms with van der Waals surface area (Å²) in [4.78, 5) is 14.2. The molecule has 0 aromatic carbocycles. The van der Waals surface area contributed by atoms with E-state index in [2.05, 4.69) is 20.8 Å². The average Bonchev–Trinajstić information content (AvgIpc) is 2.73. The zero-order chi connectivity index (χ0) is 10.4. The van der Waals surface area contributed by atoms with Gasteiger partial charge in [-0.1, -0.05) is 15.9 Å². The Morgan fingerprint density at radius 1 is 1.40 bits per heavy atom.